The summed E-state index contributed by atoms with van der Waals surface area (Å²) in [5.74, 6) is -2.60. The second kappa shape index (κ2) is 16.9. The molecule has 0 aliphatic rings. The number of aliphatic carboxylic acids is 1. The Morgan fingerprint density at radius 3 is 2.06 bits per heavy atom. The zero-order chi connectivity index (χ0) is 27.1. The Bertz CT molecular complexity index is 842. The van der Waals surface area contributed by atoms with E-state index >= 15 is 0 Å². The van der Waals surface area contributed by atoms with Crippen LogP contribution >= 0.6 is 11.8 Å². The fourth-order valence-electron chi connectivity index (χ4n) is 3.35. The molecule has 202 valence electrons. The van der Waals surface area contributed by atoms with Gasteiger partial charge in [0.25, 0.3) is 0 Å². The summed E-state index contributed by atoms with van der Waals surface area (Å²) in [7, 11) is 0. The van der Waals surface area contributed by atoms with Crippen LogP contribution in [0, 0.1) is 0 Å². The van der Waals surface area contributed by atoms with Crippen LogP contribution in [-0.4, -0.2) is 82.7 Å². The fourth-order valence-corrected chi connectivity index (χ4v) is 3.82. The number of hydrogen-bond donors (Lipinski definition) is 7. The highest BCUT2D eigenvalue weighted by atomic mass is 32.2. The summed E-state index contributed by atoms with van der Waals surface area (Å²) in [5, 5.41) is 26.9. The van der Waals surface area contributed by atoms with Gasteiger partial charge in [-0.3, -0.25) is 14.4 Å². The first kappa shape index (κ1) is 31.4. The molecule has 12 heteroatoms. The van der Waals surface area contributed by atoms with E-state index in [1.165, 1.54) is 18.7 Å². The van der Waals surface area contributed by atoms with E-state index in [0.717, 1.165) is 5.56 Å². The first-order valence-electron chi connectivity index (χ1n) is 11.9. The van der Waals surface area contributed by atoms with Gasteiger partial charge >= 0.3 is 5.97 Å². The number of thioether (sulfide) groups is 1. The number of benzene rings is 1. The lowest BCUT2D eigenvalue weighted by atomic mass is 10.0. The Hall–Kier alpha value is -2.67. The van der Waals surface area contributed by atoms with Crippen LogP contribution in [0.25, 0.3) is 0 Å². The topological polar surface area (TPSA) is 197 Å². The summed E-state index contributed by atoms with van der Waals surface area (Å²) in [6.45, 7) is 1.77. The van der Waals surface area contributed by atoms with Gasteiger partial charge < -0.3 is 37.6 Å². The van der Waals surface area contributed by atoms with Crippen LogP contribution in [0.1, 0.15) is 38.2 Å². The third-order valence-corrected chi connectivity index (χ3v) is 6.19. The average molecular weight is 526 g/mol. The summed E-state index contributed by atoms with van der Waals surface area (Å²) in [6.07, 6.45) is 2.45. The molecule has 0 saturated carbocycles. The van der Waals surface area contributed by atoms with Gasteiger partial charge in [-0.25, -0.2) is 4.79 Å². The molecule has 5 unspecified atom stereocenters. The number of aliphatic hydroxyl groups is 1. The molecule has 5 atom stereocenters. The molecule has 0 radical (unpaired) electrons. The number of carbonyl (C=O) groups is 4. The van der Waals surface area contributed by atoms with Gasteiger partial charge in [0.1, 0.15) is 24.2 Å². The monoisotopic (exact) mass is 525 g/mol. The third-order valence-electron chi connectivity index (χ3n) is 5.54. The quantitative estimate of drug-likeness (QED) is 0.129. The van der Waals surface area contributed by atoms with Gasteiger partial charge in [0.05, 0.1) is 6.10 Å². The predicted molar refractivity (Wildman–Crippen MR) is 139 cm³/mol. The van der Waals surface area contributed by atoms with E-state index in [-0.39, 0.29) is 19.3 Å². The minimum Gasteiger partial charge on any atom is -0.480 e. The number of amides is 3. The van der Waals surface area contributed by atoms with E-state index in [2.05, 4.69) is 16.0 Å². The van der Waals surface area contributed by atoms with Crippen molar-refractivity contribution in [2.75, 3.05) is 18.6 Å². The van der Waals surface area contributed by atoms with Crippen molar-refractivity contribution in [3.8, 4) is 0 Å². The summed E-state index contributed by atoms with van der Waals surface area (Å²) < 4.78 is 0. The lowest BCUT2D eigenvalue weighted by molar-refractivity contribution is -0.142. The number of rotatable bonds is 17. The van der Waals surface area contributed by atoms with Crippen LogP contribution in [-0.2, 0) is 25.6 Å². The van der Waals surface area contributed by atoms with Gasteiger partial charge in [-0.15, -0.1) is 0 Å². The van der Waals surface area contributed by atoms with Crippen molar-refractivity contribution >= 4 is 35.5 Å². The SMILES string of the molecule is CSCCC(NC(=O)C(Cc1ccccc1)NC(=O)C(CCCCN)NC(=O)C(N)C(C)O)C(=O)O. The number of unbranched alkanes of at least 4 members (excludes halogenated alkanes) is 1. The van der Waals surface area contributed by atoms with Crippen molar-refractivity contribution in [1.29, 1.82) is 0 Å². The van der Waals surface area contributed by atoms with Gasteiger partial charge in [-0.1, -0.05) is 30.3 Å². The van der Waals surface area contributed by atoms with E-state index in [4.69, 9.17) is 11.5 Å². The van der Waals surface area contributed by atoms with Crippen molar-refractivity contribution in [2.45, 2.75) is 69.3 Å². The van der Waals surface area contributed by atoms with E-state index in [1.807, 2.05) is 12.3 Å². The zero-order valence-electron chi connectivity index (χ0n) is 20.8. The number of nitrogens with one attached hydrogen (secondary N) is 3. The van der Waals surface area contributed by atoms with Gasteiger partial charge in [-0.2, -0.15) is 11.8 Å². The highest BCUT2D eigenvalue weighted by molar-refractivity contribution is 7.98. The summed E-state index contributed by atoms with van der Waals surface area (Å²) in [5.41, 5.74) is 12.0. The van der Waals surface area contributed by atoms with Crippen LogP contribution in [0.3, 0.4) is 0 Å². The van der Waals surface area contributed by atoms with Gasteiger partial charge in [0.15, 0.2) is 0 Å². The molecule has 0 spiro atoms. The normalized spacial score (nSPS) is 15.1. The van der Waals surface area contributed by atoms with Crippen LogP contribution in [0.15, 0.2) is 30.3 Å². The number of aliphatic hydroxyl groups excluding tert-OH is 1. The number of hydrogen-bond acceptors (Lipinski definition) is 8. The molecule has 11 nitrogen and oxygen atoms in total. The summed E-state index contributed by atoms with van der Waals surface area (Å²) in [6, 6.07) is 4.52. The molecule has 1 aromatic carbocycles. The molecule has 0 bridgehead atoms. The van der Waals surface area contributed by atoms with E-state index in [0.29, 0.717) is 25.1 Å². The largest absolute Gasteiger partial charge is 0.480 e. The highest BCUT2D eigenvalue weighted by Gasteiger charge is 2.31. The van der Waals surface area contributed by atoms with E-state index < -0.39 is 54.0 Å². The maximum absolute atomic E-state index is 13.2. The summed E-state index contributed by atoms with van der Waals surface area (Å²) in [4.78, 5) is 50.4. The van der Waals surface area contributed by atoms with Gasteiger partial charge in [-0.05, 0) is 56.7 Å². The van der Waals surface area contributed by atoms with Crippen molar-refractivity contribution in [3.05, 3.63) is 35.9 Å². The van der Waals surface area contributed by atoms with Crippen molar-refractivity contribution in [1.82, 2.24) is 16.0 Å². The Morgan fingerprint density at radius 1 is 0.917 bits per heavy atom. The first-order chi connectivity index (χ1) is 17.1. The molecule has 1 rings (SSSR count). The molecule has 0 aromatic heterocycles. The third kappa shape index (κ3) is 11.4. The lowest BCUT2D eigenvalue weighted by Crippen LogP contribution is -2.58. The first-order valence-corrected chi connectivity index (χ1v) is 13.3. The summed E-state index contributed by atoms with van der Waals surface area (Å²) >= 11 is 1.46. The average Bonchev–Trinajstić information content (AvgIpc) is 2.85. The molecule has 0 fully saturated rings. The smallest absolute Gasteiger partial charge is 0.326 e. The Morgan fingerprint density at radius 2 is 1.50 bits per heavy atom. The minimum absolute atomic E-state index is 0.115. The molecule has 9 N–H and O–H groups in total. The van der Waals surface area contributed by atoms with Crippen LogP contribution in [0.5, 0.6) is 0 Å². The predicted octanol–water partition coefficient (Wildman–Crippen LogP) is -0.642. The Labute approximate surface area is 216 Å². The van der Waals surface area contributed by atoms with Crippen LogP contribution in [0.2, 0.25) is 0 Å². The van der Waals surface area contributed by atoms with Crippen molar-refractivity contribution < 1.29 is 29.4 Å². The maximum atomic E-state index is 13.2. The number of nitrogens with two attached hydrogens (primary N) is 2. The van der Waals surface area contributed by atoms with Crippen molar-refractivity contribution in [3.63, 3.8) is 0 Å². The standard InChI is InChI=1S/C24H39N5O6S/c1-15(30)20(26)23(33)27-17(10-6-7-12-25)21(31)29-19(14-16-8-4-3-5-9-16)22(32)28-18(24(34)35)11-13-36-2/h3-5,8-9,15,17-20,30H,6-7,10-14,25-26H2,1-2H3,(H,27,33)(H,28,32)(H,29,31)(H,34,35). The van der Waals surface area contributed by atoms with Gasteiger partial charge in [0.2, 0.25) is 17.7 Å². The maximum Gasteiger partial charge on any atom is 0.326 e. The van der Waals surface area contributed by atoms with Crippen LogP contribution in [0.4, 0.5) is 0 Å². The number of carbonyl (C=O) groups excluding carboxylic acids is 3. The molecular weight excluding hydrogens is 486 g/mol. The second-order valence-corrected chi connectivity index (χ2v) is 9.53. The van der Waals surface area contributed by atoms with Crippen LogP contribution < -0.4 is 27.4 Å². The lowest BCUT2D eigenvalue weighted by Gasteiger charge is -2.26. The number of carboxylic acid groups (broad SMARTS) is 1. The zero-order valence-corrected chi connectivity index (χ0v) is 21.6. The molecule has 0 aliphatic carbocycles. The Kier molecular flexibility index (Phi) is 14.7. The molecule has 0 heterocycles. The molecule has 1 aromatic rings. The molecule has 0 aliphatic heterocycles. The van der Waals surface area contributed by atoms with Crippen molar-refractivity contribution in [2.24, 2.45) is 11.5 Å². The molecule has 3 amide bonds. The highest BCUT2D eigenvalue weighted by Crippen LogP contribution is 2.08. The van der Waals surface area contributed by atoms with E-state index in [9.17, 15) is 29.4 Å². The molecule has 36 heavy (non-hydrogen) atoms. The molecule has 0 saturated heterocycles. The van der Waals surface area contributed by atoms with Gasteiger partial charge in [0, 0.05) is 6.42 Å². The molecular formula is C24H39N5O6S. The van der Waals surface area contributed by atoms with E-state index in [1.54, 1.807) is 24.3 Å². The Balaban J connectivity index is 3.10. The fraction of sp³-hybridized carbons (Fsp3) is 0.583. The second-order valence-electron chi connectivity index (χ2n) is 8.54. The minimum atomic E-state index is -1.23. The number of carboxylic acids is 1.